The number of aryl methyl sites for hydroxylation is 1. The van der Waals surface area contributed by atoms with Crippen LogP contribution in [0.4, 0.5) is 0 Å². The summed E-state index contributed by atoms with van der Waals surface area (Å²) in [5, 5.41) is 9.04. The molecule has 0 spiro atoms. The highest BCUT2D eigenvalue weighted by atomic mass is 16.5. The molecule has 11 heteroatoms. The van der Waals surface area contributed by atoms with E-state index in [-0.39, 0.29) is 49.0 Å². The van der Waals surface area contributed by atoms with Crippen LogP contribution in [0.15, 0.2) is 30.3 Å². The molecule has 0 atom stereocenters. The van der Waals surface area contributed by atoms with Gasteiger partial charge in [0.05, 0.1) is 38.4 Å². The van der Waals surface area contributed by atoms with Gasteiger partial charge in [0.2, 0.25) is 24.1 Å². The molecular formula is C31H57N5O6. The quantitative estimate of drug-likeness (QED) is 0.194. The molecule has 11 nitrogen and oxygen atoms in total. The van der Waals surface area contributed by atoms with Gasteiger partial charge in [-0.1, -0.05) is 76.9 Å². The van der Waals surface area contributed by atoms with Gasteiger partial charge in [-0.3, -0.25) is 24.0 Å². The maximum Gasteiger partial charge on any atom is 0.239 e. The first-order chi connectivity index (χ1) is 19.5. The molecule has 4 amide bonds. The second kappa shape index (κ2) is 25.4. The van der Waals surface area contributed by atoms with Crippen LogP contribution in [0.25, 0.3) is 0 Å². The van der Waals surface area contributed by atoms with Gasteiger partial charge in [0.1, 0.15) is 0 Å². The maximum atomic E-state index is 11.3. The van der Waals surface area contributed by atoms with E-state index >= 15 is 0 Å². The van der Waals surface area contributed by atoms with Crippen molar-refractivity contribution in [3.8, 4) is 0 Å². The predicted molar refractivity (Wildman–Crippen MR) is 169 cm³/mol. The summed E-state index contributed by atoms with van der Waals surface area (Å²) in [4.78, 5) is 54.9. The van der Waals surface area contributed by atoms with E-state index < -0.39 is 17.7 Å². The number of carbonyl (C=O) groups is 5. The van der Waals surface area contributed by atoms with Crippen LogP contribution in [0, 0.1) is 12.8 Å². The largest absolute Gasteiger partial charge is 0.374 e. The molecule has 42 heavy (non-hydrogen) atoms. The van der Waals surface area contributed by atoms with Gasteiger partial charge in [0.15, 0.2) is 5.78 Å². The van der Waals surface area contributed by atoms with Crippen molar-refractivity contribution >= 4 is 29.9 Å². The average molecular weight is 596 g/mol. The molecule has 242 valence electrons. The molecule has 0 aliphatic carbocycles. The number of nitrogens with two attached hydrogens (primary N) is 1. The first-order valence-corrected chi connectivity index (χ1v) is 14.5. The molecule has 1 rings (SSSR count). The van der Waals surface area contributed by atoms with Crippen LogP contribution >= 0.6 is 0 Å². The Morgan fingerprint density at radius 1 is 0.857 bits per heavy atom. The van der Waals surface area contributed by atoms with Crippen molar-refractivity contribution in [3.05, 3.63) is 35.9 Å². The van der Waals surface area contributed by atoms with Gasteiger partial charge < -0.3 is 31.7 Å². The van der Waals surface area contributed by atoms with E-state index in [0.717, 1.165) is 12.8 Å². The minimum absolute atomic E-state index is 0.0224. The van der Waals surface area contributed by atoms with Gasteiger partial charge in [0, 0.05) is 11.5 Å². The van der Waals surface area contributed by atoms with Gasteiger partial charge in [-0.25, -0.2) is 0 Å². The minimum atomic E-state index is -0.556. The van der Waals surface area contributed by atoms with Crippen LogP contribution in [0.5, 0.6) is 0 Å². The van der Waals surface area contributed by atoms with Crippen molar-refractivity contribution in [3.63, 3.8) is 0 Å². The molecule has 0 fully saturated rings. The molecule has 0 bridgehead atoms. The lowest BCUT2D eigenvalue weighted by atomic mass is 10.0. The van der Waals surface area contributed by atoms with Gasteiger partial charge in [-0.2, -0.15) is 0 Å². The predicted octanol–water partition coefficient (Wildman–Crippen LogP) is 2.65. The van der Waals surface area contributed by atoms with Crippen LogP contribution in [0.1, 0.15) is 80.7 Å². The Morgan fingerprint density at radius 2 is 1.31 bits per heavy atom. The monoisotopic (exact) mass is 595 g/mol. The summed E-state index contributed by atoms with van der Waals surface area (Å²) in [6.07, 6.45) is 2.60. The summed E-state index contributed by atoms with van der Waals surface area (Å²) < 4.78 is 5.71. The molecular weight excluding hydrogens is 538 g/mol. The fourth-order valence-corrected chi connectivity index (χ4v) is 2.66. The molecule has 0 aliphatic rings. The van der Waals surface area contributed by atoms with Crippen LogP contribution in [-0.2, 0) is 28.7 Å². The number of amides is 4. The number of hydrogen-bond acceptors (Lipinski definition) is 7. The lowest BCUT2D eigenvalue weighted by Crippen LogP contribution is -2.44. The van der Waals surface area contributed by atoms with Crippen LogP contribution in [-0.4, -0.2) is 73.8 Å². The Bertz CT molecular complexity index is 884. The standard InChI is InChI=1S/C12H20N4O5.C10H23NO.C7H8.C2H6/c1-8(2)9(18)3-14-11(20)5-16-12(21)6-15-10(19)4-13-7-17;1-6-7-10(4,5)12-8-9(2,3)11;1-7-5-3-2-4-6-7;1-2/h7-8H,3-6H2,1-2H3,(H,13,17)(H,14,20)(H,15,19)(H,16,21);6-8,11H2,1-5H3;2-6H,1H3;1-2H3. The Morgan fingerprint density at radius 3 is 1.67 bits per heavy atom. The van der Waals surface area contributed by atoms with E-state index in [4.69, 9.17) is 10.5 Å². The molecule has 0 aliphatic heterocycles. The third-order valence-electron chi connectivity index (χ3n) is 4.97. The Labute approximate surface area is 253 Å². The zero-order chi connectivity index (χ0) is 33.2. The van der Waals surface area contributed by atoms with Crippen molar-refractivity contribution in [2.24, 2.45) is 11.7 Å². The number of nitrogens with one attached hydrogen (secondary N) is 4. The highest BCUT2D eigenvalue weighted by Gasteiger charge is 2.21. The fraction of sp³-hybridized carbons (Fsp3) is 0.645. The second-order valence-corrected chi connectivity index (χ2v) is 10.9. The third kappa shape index (κ3) is 31.2. The van der Waals surface area contributed by atoms with Crippen LogP contribution in [0.2, 0.25) is 0 Å². The molecule has 6 N–H and O–H groups in total. The summed E-state index contributed by atoms with van der Waals surface area (Å²) in [5.41, 5.74) is 6.90. The molecule has 0 heterocycles. The molecule has 0 aromatic heterocycles. The zero-order valence-electron chi connectivity index (χ0n) is 27.5. The van der Waals surface area contributed by atoms with Gasteiger partial charge >= 0.3 is 0 Å². The van der Waals surface area contributed by atoms with Crippen molar-refractivity contribution < 1.29 is 28.7 Å². The summed E-state index contributed by atoms with van der Waals surface area (Å²) >= 11 is 0. The fourth-order valence-electron chi connectivity index (χ4n) is 2.66. The highest BCUT2D eigenvalue weighted by Crippen LogP contribution is 2.17. The lowest BCUT2D eigenvalue weighted by molar-refractivity contribution is -0.128. The molecule has 0 saturated carbocycles. The van der Waals surface area contributed by atoms with Crippen molar-refractivity contribution in [1.29, 1.82) is 0 Å². The van der Waals surface area contributed by atoms with E-state index in [1.54, 1.807) is 13.8 Å². The molecule has 0 unspecified atom stereocenters. The normalized spacial score (nSPS) is 10.3. The number of ether oxygens (including phenoxy) is 1. The van der Waals surface area contributed by atoms with E-state index in [1.165, 1.54) is 5.56 Å². The molecule has 0 saturated heterocycles. The van der Waals surface area contributed by atoms with E-state index in [2.05, 4.69) is 61.1 Å². The van der Waals surface area contributed by atoms with Gasteiger partial charge in [-0.05, 0) is 41.0 Å². The van der Waals surface area contributed by atoms with Crippen LogP contribution < -0.4 is 27.0 Å². The van der Waals surface area contributed by atoms with Crippen LogP contribution in [0.3, 0.4) is 0 Å². The molecule has 0 radical (unpaired) electrons. The van der Waals surface area contributed by atoms with Crippen molar-refractivity contribution in [1.82, 2.24) is 21.3 Å². The van der Waals surface area contributed by atoms with E-state index in [0.29, 0.717) is 13.0 Å². The zero-order valence-corrected chi connectivity index (χ0v) is 27.5. The number of Topliss-reactive ketones (excluding diaryl/α,β-unsaturated/α-hetero) is 1. The smallest absolute Gasteiger partial charge is 0.239 e. The molecule has 1 aromatic carbocycles. The Hall–Kier alpha value is -3.31. The number of rotatable bonds is 15. The van der Waals surface area contributed by atoms with Crippen molar-refractivity contribution in [2.75, 3.05) is 32.8 Å². The maximum absolute atomic E-state index is 11.3. The minimum Gasteiger partial charge on any atom is -0.374 e. The SMILES string of the molecule is CC.CC(C)C(=O)CNC(=O)CNC(=O)CNC(=O)CNC=O.CCCC(C)(C)OCC(C)(C)N.Cc1ccccc1. The Kier molecular flexibility index (Phi) is 26.1. The number of carbonyl (C=O) groups excluding carboxylic acids is 5. The summed E-state index contributed by atoms with van der Waals surface area (Å²) in [5.74, 6) is -1.85. The topological polar surface area (TPSA) is 169 Å². The average Bonchev–Trinajstić information content (AvgIpc) is 2.93. The van der Waals surface area contributed by atoms with Gasteiger partial charge in [-0.15, -0.1) is 0 Å². The second-order valence-electron chi connectivity index (χ2n) is 10.9. The number of benzene rings is 1. The van der Waals surface area contributed by atoms with Gasteiger partial charge in [0.25, 0.3) is 0 Å². The van der Waals surface area contributed by atoms with E-state index in [9.17, 15) is 24.0 Å². The lowest BCUT2D eigenvalue weighted by Gasteiger charge is -2.29. The first-order valence-electron chi connectivity index (χ1n) is 14.5. The molecule has 1 aromatic rings. The summed E-state index contributed by atoms with van der Waals surface area (Å²) in [6, 6.07) is 10.3. The number of ketones is 1. The van der Waals surface area contributed by atoms with E-state index in [1.807, 2.05) is 45.9 Å². The third-order valence-corrected chi connectivity index (χ3v) is 4.97. The highest BCUT2D eigenvalue weighted by molar-refractivity contribution is 5.91. The summed E-state index contributed by atoms with van der Waals surface area (Å²) in [6.45, 7) is 19.6. The summed E-state index contributed by atoms with van der Waals surface area (Å²) in [7, 11) is 0. The first kappa shape index (κ1) is 43.1. The van der Waals surface area contributed by atoms with Crippen molar-refractivity contribution in [2.45, 2.75) is 93.2 Å². The Balaban J connectivity index is -0.000000602. The number of hydrogen-bond donors (Lipinski definition) is 5.